The van der Waals surface area contributed by atoms with Gasteiger partial charge in [-0.25, -0.2) is 0 Å². The summed E-state index contributed by atoms with van der Waals surface area (Å²) in [4.78, 5) is 4.62. The van der Waals surface area contributed by atoms with Crippen LogP contribution in [0.4, 0.5) is 0 Å². The quantitative estimate of drug-likeness (QED) is 0.208. The maximum atomic E-state index is 6.20. The molecule has 4 aromatic carbocycles. The first kappa shape index (κ1) is 37.0. The Morgan fingerprint density at radius 3 is 1.11 bits per heavy atom. The lowest BCUT2D eigenvalue weighted by atomic mass is 9.76. The zero-order chi connectivity index (χ0) is 30.0. The van der Waals surface area contributed by atoms with Crippen molar-refractivity contribution in [1.82, 2.24) is 9.80 Å². The average Bonchev–Trinajstić information content (AvgIpc) is 2.99. The average molecular weight is 713 g/mol. The molecule has 0 N–H and O–H groups in total. The van der Waals surface area contributed by atoms with E-state index in [1.54, 1.807) is 0 Å². The van der Waals surface area contributed by atoms with Gasteiger partial charge in [0.05, 0.1) is 20.1 Å². The summed E-state index contributed by atoms with van der Waals surface area (Å²) < 4.78 is 0. The Kier molecular flexibility index (Phi) is 13.8. The van der Waals surface area contributed by atoms with Gasteiger partial charge >= 0.3 is 0 Å². The standard InChI is InChI=1S/2C18H19Cl2N.2ClH/c2*1-21(2)18-10-8-13(14-5-3-4-6-15(14)18)12-7-9-16(19)17(20)11-12;;/h2*3-7,9,11,13,18H,8,10H2,1-2H3;2*1H/t2*13-,18+;;/m10../s1. The van der Waals surface area contributed by atoms with Crippen LogP contribution in [-0.2, 0) is 0 Å². The second-order valence-corrected chi connectivity index (χ2v) is 13.5. The minimum absolute atomic E-state index is 0. The van der Waals surface area contributed by atoms with Gasteiger partial charge in [-0.2, -0.15) is 0 Å². The Labute approximate surface area is 295 Å². The molecule has 2 aliphatic carbocycles. The van der Waals surface area contributed by atoms with Crippen LogP contribution in [0.5, 0.6) is 0 Å². The fraction of sp³-hybridized carbons (Fsp3) is 0.333. The molecule has 4 aromatic rings. The van der Waals surface area contributed by atoms with Crippen LogP contribution < -0.4 is 0 Å². The molecule has 0 unspecified atom stereocenters. The third-order valence-electron chi connectivity index (χ3n) is 8.86. The van der Waals surface area contributed by atoms with E-state index in [2.05, 4.69) is 98.7 Å². The lowest BCUT2D eigenvalue weighted by molar-refractivity contribution is 0.263. The van der Waals surface area contributed by atoms with E-state index in [0.29, 0.717) is 44.0 Å². The van der Waals surface area contributed by atoms with E-state index >= 15 is 0 Å². The molecular weight excluding hydrogens is 673 g/mol. The van der Waals surface area contributed by atoms with Crippen molar-refractivity contribution >= 4 is 71.2 Å². The molecule has 0 saturated heterocycles. The summed E-state index contributed by atoms with van der Waals surface area (Å²) in [7, 11) is 8.61. The van der Waals surface area contributed by atoms with E-state index in [1.165, 1.54) is 33.4 Å². The van der Waals surface area contributed by atoms with Crippen molar-refractivity contribution in [3.63, 3.8) is 0 Å². The van der Waals surface area contributed by atoms with Gasteiger partial charge in [0.25, 0.3) is 0 Å². The molecular formula is C36H40Cl6N2. The van der Waals surface area contributed by atoms with Crippen LogP contribution >= 0.6 is 71.2 Å². The summed E-state index contributed by atoms with van der Waals surface area (Å²) in [5.41, 5.74) is 8.22. The van der Waals surface area contributed by atoms with Gasteiger partial charge in [0.15, 0.2) is 0 Å². The Morgan fingerprint density at radius 1 is 0.455 bits per heavy atom. The molecule has 0 bridgehead atoms. The molecule has 0 heterocycles. The number of hydrogen-bond acceptors (Lipinski definition) is 2. The van der Waals surface area contributed by atoms with Gasteiger partial charge in [-0.05, 0) is 112 Å². The van der Waals surface area contributed by atoms with E-state index in [1.807, 2.05) is 24.3 Å². The van der Waals surface area contributed by atoms with Crippen molar-refractivity contribution in [3.05, 3.63) is 138 Å². The predicted molar refractivity (Wildman–Crippen MR) is 195 cm³/mol. The Hall–Kier alpha value is -1.46. The number of benzene rings is 4. The first-order chi connectivity index (χ1) is 20.2. The van der Waals surface area contributed by atoms with Crippen LogP contribution in [-0.4, -0.2) is 38.0 Å². The zero-order valence-electron chi connectivity index (χ0n) is 25.4. The SMILES string of the molecule is CN(C)[C@@H]1CC[C@@H](c2ccc(Cl)c(Cl)c2)c2ccccc21.CN(C)[C@H]1CC[C@H](c2ccc(Cl)c(Cl)c2)c2ccccc21.Cl.Cl. The molecule has 0 aliphatic heterocycles. The predicted octanol–water partition coefficient (Wildman–Crippen LogP) is 11.9. The van der Waals surface area contributed by atoms with Crippen molar-refractivity contribution in [1.29, 1.82) is 0 Å². The number of fused-ring (bicyclic) bond motifs is 2. The van der Waals surface area contributed by atoms with E-state index in [-0.39, 0.29) is 24.8 Å². The molecule has 0 saturated carbocycles. The van der Waals surface area contributed by atoms with Gasteiger partial charge in [0.2, 0.25) is 0 Å². The molecule has 4 atom stereocenters. The molecule has 0 aromatic heterocycles. The molecule has 0 spiro atoms. The Balaban J connectivity index is 0.000000230. The second-order valence-electron chi connectivity index (χ2n) is 11.8. The lowest BCUT2D eigenvalue weighted by Crippen LogP contribution is -2.26. The number of hydrogen-bond donors (Lipinski definition) is 0. The highest BCUT2D eigenvalue weighted by Gasteiger charge is 2.30. The third-order valence-corrected chi connectivity index (χ3v) is 10.3. The summed E-state index contributed by atoms with van der Waals surface area (Å²) in [5.74, 6) is 0.819. The number of nitrogens with zero attached hydrogens (tertiary/aromatic N) is 2. The monoisotopic (exact) mass is 710 g/mol. The summed E-state index contributed by atoms with van der Waals surface area (Å²) >= 11 is 24.5. The fourth-order valence-electron chi connectivity index (χ4n) is 6.76. The minimum Gasteiger partial charge on any atom is -0.302 e. The van der Waals surface area contributed by atoms with Gasteiger partial charge in [0.1, 0.15) is 0 Å². The van der Waals surface area contributed by atoms with Crippen LogP contribution in [0, 0.1) is 0 Å². The zero-order valence-corrected chi connectivity index (χ0v) is 30.1. The lowest BCUT2D eigenvalue weighted by Gasteiger charge is -2.35. The number of rotatable bonds is 4. The smallest absolute Gasteiger partial charge is 0.0595 e. The summed E-state index contributed by atoms with van der Waals surface area (Å²) in [6, 6.07) is 30.6. The van der Waals surface area contributed by atoms with Crippen LogP contribution in [0.25, 0.3) is 0 Å². The molecule has 0 radical (unpaired) electrons. The van der Waals surface area contributed by atoms with Crippen molar-refractivity contribution in [2.75, 3.05) is 28.2 Å². The molecule has 0 amide bonds. The largest absolute Gasteiger partial charge is 0.302 e. The van der Waals surface area contributed by atoms with E-state index in [0.717, 1.165) is 25.7 Å². The first-order valence-electron chi connectivity index (χ1n) is 14.6. The van der Waals surface area contributed by atoms with Gasteiger partial charge in [-0.15, -0.1) is 24.8 Å². The highest BCUT2D eigenvalue weighted by atomic mass is 35.5. The van der Waals surface area contributed by atoms with Crippen molar-refractivity contribution < 1.29 is 0 Å². The normalized spacial score (nSPS) is 20.4. The molecule has 44 heavy (non-hydrogen) atoms. The summed E-state index contributed by atoms with van der Waals surface area (Å²) in [6.45, 7) is 0. The first-order valence-corrected chi connectivity index (χ1v) is 16.1. The van der Waals surface area contributed by atoms with Crippen LogP contribution in [0.15, 0.2) is 84.9 Å². The summed E-state index contributed by atoms with van der Waals surface area (Å²) in [6.07, 6.45) is 4.60. The van der Waals surface area contributed by atoms with Crippen molar-refractivity contribution in [3.8, 4) is 0 Å². The maximum Gasteiger partial charge on any atom is 0.0595 e. The van der Waals surface area contributed by atoms with Gasteiger partial charge in [-0.1, -0.05) is 107 Å². The van der Waals surface area contributed by atoms with E-state index in [9.17, 15) is 0 Å². The fourth-order valence-corrected chi connectivity index (χ4v) is 7.37. The minimum atomic E-state index is 0. The number of halogens is 6. The van der Waals surface area contributed by atoms with Gasteiger partial charge in [0, 0.05) is 23.9 Å². The van der Waals surface area contributed by atoms with Crippen LogP contribution in [0.3, 0.4) is 0 Å². The third kappa shape index (κ3) is 8.08. The van der Waals surface area contributed by atoms with Crippen molar-refractivity contribution in [2.45, 2.75) is 49.6 Å². The topological polar surface area (TPSA) is 6.48 Å². The molecule has 6 rings (SSSR count). The molecule has 2 nitrogen and oxygen atoms in total. The Morgan fingerprint density at radius 2 is 0.795 bits per heavy atom. The van der Waals surface area contributed by atoms with Gasteiger partial charge in [-0.3, -0.25) is 0 Å². The van der Waals surface area contributed by atoms with Crippen molar-refractivity contribution in [2.24, 2.45) is 0 Å². The second kappa shape index (κ2) is 16.4. The Bertz CT molecular complexity index is 1420. The molecule has 236 valence electrons. The maximum absolute atomic E-state index is 6.20. The molecule has 2 aliphatic rings. The highest BCUT2D eigenvalue weighted by molar-refractivity contribution is 6.42. The van der Waals surface area contributed by atoms with Gasteiger partial charge < -0.3 is 9.80 Å². The molecule has 0 fully saturated rings. The van der Waals surface area contributed by atoms with E-state index in [4.69, 9.17) is 46.4 Å². The molecule has 8 heteroatoms. The van der Waals surface area contributed by atoms with Crippen LogP contribution in [0.2, 0.25) is 20.1 Å². The van der Waals surface area contributed by atoms with Crippen LogP contribution in [0.1, 0.15) is 83.0 Å². The summed E-state index contributed by atoms with van der Waals surface area (Å²) in [5, 5.41) is 2.52. The highest BCUT2D eigenvalue weighted by Crippen LogP contribution is 2.45. The van der Waals surface area contributed by atoms with E-state index < -0.39 is 0 Å².